The Morgan fingerprint density at radius 3 is 1.63 bits per heavy atom. The molecule has 27 heavy (non-hydrogen) atoms. The van der Waals surface area contributed by atoms with Gasteiger partial charge in [-0.15, -0.1) is 0 Å². The molecule has 1 aromatic carbocycles. The van der Waals surface area contributed by atoms with E-state index >= 15 is 0 Å². The van der Waals surface area contributed by atoms with Gasteiger partial charge in [0.05, 0.1) is 5.41 Å². The van der Waals surface area contributed by atoms with Crippen LogP contribution in [0.25, 0.3) is 0 Å². The summed E-state index contributed by atoms with van der Waals surface area (Å²) in [4.78, 5) is 30.3. The van der Waals surface area contributed by atoms with Gasteiger partial charge in [0, 0.05) is 0 Å². The zero-order chi connectivity index (χ0) is 20.0. The number of carbonyl (C=O) groups excluding carboxylic acids is 2. The van der Waals surface area contributed by atoms with Gasteiger partial charge in [0.2, 0.25) is 0 Å². The van der Waals surface area contributed by atoms with Crippen LogP contribution in [0.3, 0.4) is 0 Å². The summed E-state index contributed by atoms with van der Waals surface area (Å²) in [5.74, 6) is 0. The first-order valence-electron chi connectivity index (χ1n) is 8.50. The highest BCUT2D eigenvalue weighted by Gasteiger charge is 2.71. The Morgan fingerprint density at radius 1 is 0.815 bits per heavy atom. The van der Waals surface area contributed by atoms with Crippen molar-refractivity contribution in [2.45, 2.75) is 25.7 Å². The number of hydrogen-bond acceptors (Lipinski definition) is 6. The van der Waals surface area contributed by atoms with Gasteiger partial charge in [-0.1, -0.05) is 44.2 Å². The second kappa shape index (κ2) is 6.64. The molecule has 0 spiro atoms. The maximum absolute atomic E-state index is 13.1. The standard InChI is InChI=1S/C17H24N4O6/c1-16(2)13-18(8-22)14(26)20(10-24)17(16,12-6-4-3-5-7-12)21(11-25)15(27)19(13)9-23/h3-7,13,22-25H,8-11H2,1-2H3. The highest BCUT2D eigenvalue weighted by molar-refractivity contribution is 5.84. The van der Waals surface area contributed by atoms with Crippen molar-refractivity contribution >= 4 is 12.1 Å². The summed E-state index contributed by atoms with van der Waals surface area (Å²) in [6, 6.07) is 7.18. The number of hydrogen-bond donors (Lipinski definition) is 4. The lowest BCUT2D eigenvalue weighted by molar-refractivity contribution is -0.254. The third-order valence-electron chi connectivity index (χ3n) is 5.63. The van der Waals surface area contributed by atoms with Crippen LogP contribution in [0.4, 0.5) is 9.59 Å². The van der Waals surface area contributed by atoms with Crippen molar-refractivity contribution in [3.63, 3.8) is 0 Å². The third-order valence-corrected chi connectivity index (χ3v) is 5.63. The third kappa shape index (κ3) is 2.21. The average molecular weight is 380 g/mol. The maximum Gasteiger partial charge on any atom is 0.327 e. The molecule has 10 heteroatoms. The highest BCUT2D eigenvalue weighted by Crippen LogP contribution is 2.57. The first kappa shape index (κ1) is 19.4. The van der Waals surface area contributed by atoms with E-state index in [-0.39, 0.29) is 0 Å². The number of amides is 4. The zero-order valence-electron chi connectivity index (χ0n) is 15.2. The van der Waals surface area contributed by atoms with Gasteiger partial charge in [-0.3, -0.25) is 19.6 Å². The van der Waals surface area contributed by atoms with Gasteiger partial charge >= 0.3 is 12.1 Å². The van der Waals surface area contributed by atoms with Gasteiger partial charge < -0.3 is 20.4 Å². The molecule has 148 valence electrons. The van der Waals surface area contributed by atoms with Crippen LogP contribution in [0.15, 0.2) is 30.3 Å². The first-order chi connectivity index (χ1) is 12.8. The smallest absolute Gasteiger partial charge is 0.327 e. The van der Waals surface area contributed by atoms with Gasteiger partial charge in [0.1, 0.15) is 33.1 Å². The van der Waals surface area contributed by atoms with Crippen LogP contribution in [-0.2, 0) is 5.66 Å². The van der Waals surface area contributed by atoms with E-state index < -0.39 is 56.2 Å². The summed E-state index contributed by atoms with van der Waals surface area (Å²) in [6.45, 7) is 0.585. The van der Waals surface area contributed by atoms with Crippen molar-refractivity contribution in [1.29, 1.82) is 0 Å². The molecule has 0 atom stereocenters. The van der Waals surface area contributed by atoms with E-state index in [1.54, 1.807) is 44.2 Å². The largest absolute Gasteiger partial charge is 0.376 e. The van der Waals surface area contributed by atoms with Crippen molar-refractivity contribution < 1.29 is 30.0 Å². The summed E-state index contributed by atoms with van der Waals surface area (Å²) in [6.07, 6.45) is -1.00. The molecule has 0 unspecified atom stereocenters. The lowest BCUT2D eigenvalue weighted by Crippen LogP contribution is -2.85. The fraction of sp³-hybridized carbons (Fsp3) is 0.529. The first-order valence-corrected chi connectivity index (χ1v) is 8.50. The molecular weight excluding hydrogens is 356 g/mol. The SMILES string of the molecule is CC1(C)C2N(CO)C(=O)N(CO)C1(c1ccccc1)N(CO)C(=O)N2CO. The van der Waals surface area contributed by atoms with Crippen LogP contribution in [0, 0.1) is 5.41 Å². The van der Waals surface area contributed by atoms with Gasteiger partial charge in [-0.2, -0.15) is 0 Å². The Labute approximate surface area is 156 Å². The van der Waals surface area contributed by atoms with Gasteiger partial charge in [0.15, 0.2) is 5.66 Å². The second-order valence-electron chi connectivity index (χ2n) is 7.06. The van der Waals surface area contributed by atoms with Crippen LogP contribution in [0.2, 0.25) is 0 Å². The lowest BCUT2D eigenvalue weighted by atomic mass is 9.66. The second-order valence-corrected chi connectivity index (χ2v) is 7.06. The topological polar surface area (TPSA) is 128 Å². The van der Waals surface area contributed by atoms with Crippen LogP contribution in [0.1, 0.15) is 19.4 Å². The number of rotatable bonds is 5. The molecule has 2 fully saturated rings. The Hall–Kier alpha value is -2.40. The highest BCUT2D eigenvalue weighted by atomic mass is 16.3. The number of urea groups is 2. The quantitative estimate of drug-likeness (QED) is 0.544. The van der Waals surface area contributed by atoms with E-state index in [0.29, 0.717) is 5.56 Å². The molecule has 2 heterocycles. The number of fused-ring (bicyclic) bond motifs is 2. The molecular formula is C17H24N4O6. The molecule has 0 saturated carbocycles. The molecule has 0 radical (unpaired) electrons. The Morgan fingerprint density at radius 2 is 1.26 bits per heavy atom. The minimum atomic E-state index is -1.53. The lowest BCUT2D eigenvalue weighted by Gasteiger charge is -2.69. The minimum absolute atomic E-state index is 0.514. The number of nitrogens with zero attached hydrogens (tertiary/aromatic N) is 4. The van der Waals surface area contributed by atoms with Gasteiger partial charge in [-0.25, -0.2) is 9.59 Å². The normalized spacial score (nSPS) is 27.4. The summed E-state index contributed by atoms with van der Waals surface area (Å²) >= 11 is 0. The van der Waals surface area contributed by atoms with E-state index in [4.69, 9.17) is 0 Å². The number of benzene rings is 1. The fourth-order valence-electron chi connectivity index (χ4n) is 4.72. The van der Waals surface area contributed by atoms with Crippen molar-refractivity contribution in [3.05, 3.63) is 35.9 Å². The predicted molar refractivity (Wildman–Crippen MR) is 92.2 cm³/mol. The van der Waals surface area contributed by atoms with Crippen LogP contribution in [-0.4, -0.2) is 85.2 Å². The molecule has 0 aliphatic carbocycles. The molecule has 1 aromatic rings. The molecule has 2 aliphatic rings. The van der Waals surface area contributed by atoms with Crippen LogP contribution in [0.5, 0.6) is 0 Å². The average Bonchev–Trinajstić information content (AvgIpc) is 2.66. The zero-order valence-corrected chi connectivity index (χ0v) is 15.2. The van der Waals surface area contributed by atoms with Crippen LogP contribution < -0.4 is 0 Å². The molecule has 0 aromatic heterocycles. The van der Waals surface area contributed by atoms with E-state index in [1.807, 2.05) is 0 Å². The predicted octanol–water partition coefficient (Wildman–Crippen LogP) is -0.534. The summed E-state index contributed by atoms with van der Waals surface area (Å²) in [7, 11) is 0. The van der Waals surface area contributed by atoms with E-state index in [0.717, 1.165) is 19.6 Å². The Kier molecular flexibility index (Phi) is 4.76. The van der Waals surface area contributed by atoms with E-state index in [2.05, 4.69) is 0 Å². The number of aliphatic hydroxyl groups excluding tert-OH is 4. The van der Waals surface area contributed by atoms with Crippen molar-refractivity contribution in [2.24, 2.45) is 5.41 Å². The maximum atomic E-state index is 13.1. The molecule has 2 saturated heterocycles. The van der Waals surface area contributed by atoms with Crippen molar-refractivity contribution in [2.75, 3.05) is 26.9 Å². The number of aliphatic hydroxyl groups is 4. The molecule has 4 N–H and O–H groups in total. The number of carbonyl (C=O) groups is 2. The molecule has 4 amide bonds. The van der Waals surface area contributed by atoms with E-state index in [9.17, 15) is 30.0 Å². The van der Waals surface area contributed by atoms with Crippen molar-refractivity contribution in [3.8, 4) is 0 Å². The van der Waals surface area contributed by atoms with Gasteiger partial charge in [-0.05, 0) is 5.56 Å². The summed E-state index contributed by atoms with van der Waals surface area (Å²) < 4.78 is 0. The molecule has 10 nitrogen and oxygen atoms in total. The summed E-state index contributed by atoms with van der Waals surface area (Å²) in [5.41, 5.74) is -2.05. The Bertz CT molecular complexity index is 695. The molecule has 2 bridgehead atoms. The Balaban J connectivity index is 2.40. The van der Waals surface area contributed by atoms with E-state index in [1.165, 1.54) is 0 Å². The van der Waals surface area contributed by atoms with Gasteiger partial charge in [0.25, 0.3) is 0 Å². The fourth-order valence-corrected chi connectivity index (χ4v) is 4.72. The van der Waals surface area contributed by atoms with Crippen molar-refractivity contribution in [1.82, 2.24) is 19.6 Å². The summed E-state index contributed by atoms with van der Waals surface area (Å²) in [5, 5.41) is 39.8. The van der Waals surface area contributed by atoms with Crippen LogP contribution >= 0.6 is 0 Å². The molecule has 2 aliphatic heterocycles. The minimum Gasteiger partial charge on any atom is -0.376 e. The molecule has 3 rings (SSSR count). The monoisotopic (exact) mass is 380 g/mol.